The Morgan fingerprint density at radius 3 is 2.44 bits per heavy atom. The van der Waals surface area contributed by atoms with Crippen molar-refractivity contribution in [1.82, 2.24) is 4.90 Å². The van der Waals surface area contributed by atoms with Crippen LogP contribution in [0, 0.1) is 0 Å². The molecule has 0 bridgehead atoms. The van der Waals surface area contributed by atoms with Gasteiger partial charge in [-0.05, 0) is 42.0 Å². The van der Waals surface area contributed by atoms with Gasteiger partial charge >= 0.3 is 0 Å². The lowest BCUT2D eigenvalue weighted by molar-refractivity contribution is -0.140. The summed E-state index contributed by atoms with van der Waals surface area (Å²) in [5, 5.41) is 12.1. The zero-order chi connectivity index (χ0) is 23.0. The molecule has 0 saturated carbocycles. The number of ketones is 1. The molecular weight excluding hydrogens is 477 g/mol. The minimum Gasteiger partial charge on any atom is -0.507 e. The van der Waals surface area contributed by atoms with E-state index in [-0.39, 0.29) is 33.5 Å². The zero-order valence-electron chi connectivity index (χ0n) is 16.6. The van der Waals surface area contributed by atoms with Crippen molar-refractivity contribution < 1.29 is 23.8 Å². The summed E-state index contributed by atoms with van der Waals surface area (Å²) >= 11 is 18.4. The normalized spacial score (nSPS) is 17.8. The number of carbonyl (C=O) groups is 2. The number of aliphatic hydroxyl groups excluding tert-OH is 1. The van der Waals surface area contributed by atoms with E-state index >= 15 is 0 Å². The number of rotatable bonds is 5. The van der Waals surface area contributed by atoms with E-state index < -0.39 is 23.5 Å². The Balaban J connectivity index is 1.93. The first-order chi connectivity index (χ1) is 15.3. The number of amides is 1. The summed E-state index contributed by atoms with van der Waals surface area (Å²) in [4.78, 5) is 27.4. The highest BCUT2D eigenvalue weighted by atomic mass is 35.5. The quantitative estimate of drug-likeness (QED) is 0.274. The maximum absolute atomic E-state index is 13.1. The van der Waals surface area contributed by atoms with Crippen molar-refractivity contribution in [3.8, 4) is 5.75 Å². The van der Waals surface area contributed by atoms with Gasteiger partial charge in [-0.3, -0.25) is 9.59 Å². The van der Waals surface area contributed by atoms with Crippen LogP contribution in [0.5, 0.6) is 5.75 Å². The van der Waals surface area contributed by atoms with Crippen molar-refractivity contribution >= 4 is 52.3 Å². The fourth-order valence-corrected chi connectivity index (χ4v) is 4.39. The number of benzene rings is 2. The number of carbonyl (C=O) groups excluding carboxylic acids is 2. The lowest BCUT2D eigenvalue weighted by atomic mass is 9.95. The van der Waals surface area contributed by atoms with E-state index in [1.807, 2.05) is 0 Å². The molecule has 2 heterocycles. The molecule has 6 nitrogen and oxygen atoms in total. The maximum Gasteiger partial charge on any atom is 0.296 e. The van der Waals surface area contributed by atoms with Crippen molar-refractivity contribution in [1.29, 1.82) is 0 Å². The van der Waals surface area contributed by atoms with Gasteiger partial charge in [0.15, 0.2) is 0 Å². The zero-order valence-corrected chi connectivity index (χ0v) is 18.9. The van der Waals surface area contributed by atoms with Crippen LogP contribution in [0.15, 0.2) is 64.8 Å². The molecule has 0 aliphatic carbocycles. The van der Waals surface area contributed by atoms with Crippen molar-refractivity contribution in [2.75, 3.05) is 7.11 Å². The van der Waals surface area contributed by atoms with E-state index in [2.05, 4.69) is 0 Å². The van der Waals surface area contributed by atoms with Crippen LogP contribution in [0.4, 0.5) is 0 Å². The average molecular weight is 493 g/mol. The molecule has 0 radical (unpaired) electrons. The minimum absolute atomic E-state index is 0.0229. The SMILES string of the molecule is COc1c(Cl)cc(Cl)cc1/C(O)=C1\C(=O)C(=O)N(Cc2ccco2)C1c1ccc(Cl)cc1. The van der Waals surface area contributed by atoms with Crippen LogP contribution in [0.1, 0.15) is 22.9 Å². The van der Waals surface area contributed by atoms with E-state index in [0.29, 0.717) is 16.3 Å². The monoisotopic (exact) mass is 491 g/mol. The Kier molecular flexibility index (Phi) is 6.20. The highest BCUT2D eigenvalue weighted by Crippen LogP contribution is 2.43. The molecule has 1 aliphatic heterocycles. The third kappa shape index (κ3) is 3.97. The summed E-state index contributed by atoms with van der Waals surface area (Å²) in [5.41, 5.74) is 0.550. The third-order valence-electron chi connectivity index (χ3n) is 5.10. The predicted octanol–water partition coefficient (Wildman–Crippen LogP) is 5.87. The second kappa shape index (κ2) is 8.90. The molecule has 1 saturated heterocycles. The van der Waals surface area contributed by atoms with Gasteiger partial charge in [0.25, 0.3) is 11.7 Å². The smallest absolute Gasteiger partial charge is 0.296 e. The van der Waals surface area contributed by atoms with Gasteiger partial charge in [0.1, 0.15) is 17.3 Å². The van der Waals surface area contributed by atoms with Crippen molar-refractivity contribution in [3.05, 3.63) is 92.3 Å². The van der Waals surface area contributed by atoms with E-state index in [1.165, 1.54) is 30.4 Å². The van der Waals surface area contributed by atoms with Gasteiger partial charge in [-0.2, -0.15) is 0 Å². The van der Waals surface area contributed by atoms with Crippen molar-refractivity contribution in [2.45, 2.75) is 12.6 Å². The summed E-state index contributed by atoms with van der Waals surface area (Å²) in [7, 11) is 1.37. The summed E-state index contributed by atoms with van der Waals surface area (Å²) in [5.74, 6) is -1.48. The van der Waals surface area contributed by atoms with E-state index in [1.54, 1.807) is 36.4 Å². The molecule has 1 atom stereocenters. The number of hydrogen-bond donors (Lipinski definition) is 1. The molecule has 2 aromatic carbocycles. The standard InChI is InChI=1S/C23H16Cl3NO5/c1-31-22-16(9-14(25)10-17(22)26)20(28)18-19(12-4-6-13(24)7-5-12)27(23(30)21(18)29)11-15-3-2-8-32-15/h2-10,19,28H,11H2,1H3/b20-18+. The van der Waals surface area contributed by atoms with Crippen molar-refractivity contribution in [3.63, 3.8) is 0 Å². The number of aliphatic hydroxyl groups is 1. The Morgan fingerprint density at radius 1 is 1.09 bits per heavy atom. The molecule has 164 valence electrons. The van der Waals surface area contributed by atoms with Crippen LogP contribution >= 0.6 is 34.8 Å². The van der Waals surface area contributed by atoms with Crippen LogP contribution in [0.3, 0.4) is 0 Å². The summed E-state index contributed by atoms with van der Waals surface area (Å²) < 4.78 is 10.7. The van der Waals surface area contributed by atoms with Gasteiger partial charge in [0, 0.05) is 10.0 Å². The molecule has 32 heavy (non-hydrogen) atoms. The third-order valence-corrected chi connectivity index (χ3v) is 5.85. The highest BCUT2D eigenvalue weighted by Gasteiger charge is 2.46. The number of Topliss-reactive ketones (excluding diaryl/α,β-unsaturated/α-hetero) is 1. The fourth-order valence-electron chi connectivity index (χ4n) is 3.69. The first-order valence-electron chi connectivity index (χ1n) is 9.41. The number of methoxy groups -OCH3 is 1. The molecule has 0 spiro atoms. The number of hydrogen-bond acceptors (Lipinski definition) is 5. The van der Waals surface area contributed by atoms with Crippen LogP contribution in [0.25, 0.3) is 5.76 Å². The predicted molar refractivity (Wildman–Crippen MR) is 121 cm³/mol. The fraction of sp³-hybridized carbons (Fsp3) is 0.130. The first kappa shape index (κ1) is 22.3. The molecule has 1 fully saturated rings. The number of ether oxygens (including phenoxy) is 1. The Bertz CT molecular complexity index is 1220. The topological polar surface area (TPSA) is 80.0 Å². The second-order valence-electron chi connectivity index (χ2n) is 7.03. The molecule has 1 amide bonds. The Labute approximate surface area is 198 Å². The van der Waals surface area contributed by atoms with Crippen LogP contribution in [-0.4, -0.2) is 28.8 Å². The average Bonchev–Trinajstić information content (AvgIpc) is 3.36. The van der Waals surface area contributed by atoms with E-state index in [4.69, 9.17) is 44.0 Å². The van der Waals surface area contributed by atoms with E-state index in [0.717, 1.165) is 0 Å². The molecule has 9 heteroatoms. The lowest BCUT2D eigenvalue weighted by Gasteiger charge is -2.24. The van der Waals surface area contributed by atoms with Crippen molar-refractivity contribution in [2.24, 2.45) is 0 Å². The van der Waals surface area contributed by atoms with Gasteiger partial charge in [0.2, 0.25) is 0 Å². The summed E-state index contributed by atoms with van der Waals surface area (Å²) in [6.45, 7) is 0.0229. The molecule has 1 unspecified atom stereocenters. The Hall–Kier alpha value is -2.93. The second-order valence-corrected chi connectivity index (χ2v) is 8.31. The number of furan rings is 1. The van der Waals surface area contributed by atoms with Gasteiger partial charge in [-0.25, -0.2) is 0 Å². The first-order valence-corrected chi connectivity index (χ1v) is 10.5. The Morgan fingerprint density at radius 2 is 1.81 bits per heavy atom. The molecule has 3 aromatic rings. The van der Waals surface area contributed by atoms with Gasteiger partial charge < -0.3 is 19.2 Å². The number of halogens is 3. The van der Waals surface area contributed by atoms with Crippen LogP contribution in [0.2, 0.25) is 15.1 Å². The lowest BCUT2D eigenvalue weighted by Crippen LogP contribution is -2.29. The summed E-state index contributed by atoms with van der Waals surface area (Å²) in [6, 6.07) is 12.0. The molecule has 1 aliphatic rings. The molecule has 1 aromatic heterocycles. The van der Waals surface area contributed by atoms with Crippen LogP contribution < -0.4 is 4.74 Å². The van der Waals surface area contributed by atoms with Gasteiger partial charge in [-0.15, -0.1) is 0 Å². The minimum atomic E-state index is -0.903. The molecule has 1 N–H and O–H groups in total. The van der Waals surface area contributed by atoms with Gasteiger partial charge in [-0.1, -0.05) is 46.9 Å². The van der Waals surface area contributed by atoms with E-state index in [9.17, 15) is 14.7 Å². The highest BCUT2D eigenvalue weighted by molar-refractivity contribution is 6.46. The van der Waals surface area contributed by atoms with Gasteiger partial charge in [0.05, 0.1) is 42.1 Å². The van der Waals surface area contributed by atoms with Crippen LogP contribution in [-0.2, 0) is 16.1 Å². The maximum atomic E-state index is 13.1. The largest absolute Gasteiger partial charge is 0.507 e. The number of nitrogens with zero attached hydrogens (tertiary/aromatic N) is 1. The number of likely N-dealkylation sites (tertiary alicyclic amines) is 1. The molecule has 4 rings (SSSR count). The summed E-state index contributed by atoms with van der Waals surface area (Å²) in [6.07, 6.45) is 1.47. The molecular formula is C23H16Cl3NO5.